The zero-order valence-corrected chi connectivity index (χ0v) is 11.0. The first-order valence-corrected chi connectivity index (χ1v) is 6.82. The number of ether oxygens (including phenoxy) is 1. The molecule has 0 radical (unpaired) electrons. The average molecular weight is 258 g/mol. The Morgan fingerprint density at radius 3 is 2.41 bits per heavy atom. The largest absolute Gasteiger partial charge is 0.486 e. The molecule has 0 fully saturated rings. The summed E-state index contributed by atoms with van der Waals surface area (Å²) in [7, 11) is -3.84. The molecule has 17 heavy (non-hydrogen) atoms. The number of nitrogen functional groups attached to an aromatic ring is 1. The molecular weight excluding hydrogens is 240 g/mol. The number of anilines is 1. The highest BCUT2D eigenvalue weighted by molar-refractivity contribution is 7.89. The smallest absolute Gasteiger partial charge is 0.241 e. The van der Waals surface area contributed by atoms with Crippen LogP contribution in [-0.2, 0) is 10.0 Å². The summed E-state index contributed by atoms with van der Waals surface area (Å²) in [5.74, 6) is 0.230. The monoisotopic (exact) mass is 258 g/mol. The summed E-state index contributed by atoms with van der Waals surface area (Å²) in [6, 6.07) is 4.40. The molecule has 5 nitrogen and oxygen atoms in total. The normalized spacial score (nSPS) is 12.5. The molecule has 0 saturated carbocycles. The van der Waals surface area contributed by atoms with Crippen molar-refractivity contribution < 1.29 is 13.2 Å². The molecule has 0 aliphatic rings. The van der Waals surface area contributed by atoms with E-state index >= 15 is 0 Å². The maximum Gasteiger partial charge on any atom is 0.241 e. The van der Waals surface area contributed by atoms with Crippen molar-refractivity contribution in [1.82, 2.24) is 0 Å². The Hall–Kier alpha value is -1.27. The van der Waals surface area contributed by atoms with Gasteiger partial charge in [0.05, 0.1) is 0 Å². The fraction of sp³-hybridized carbons (Fsp3) is 0.455. The van der Waals surface area contributed by atoms with Gasteiger partial charge in [-0.1, -0.05) is 6.92 Å². The Kier molecular flexibility index (Phi) is 3.68. The minimum Gasteiger partial charge on any atom is -0.486 e. The number of benzene rings is 1. The molecule has 0 amide bonds. The van der Waals surface area contributed by atoms with Gasteiger partial charge in [0.2, 0.25) is 10.0 Å². The molecule has 96 valence electrons. The summed E-state index contributed by atoms with van der Waals surface area (Å²) in [5, 5.41) is 5.12. The minimum absolute atomic E-state index is 0.0842. The van der Waals surface area contributed by atoms with E-state index in [1.165, 1.54) is 12.1 Å². The van der Waals surface area contributed by atoms with Gasteiger partial charge in [-0.25, -0.2) is 13.6 Å². The van der Waals surface area contributed by atoms with Crippen LogP contribution in [0.25, 0.3) is 0 Å². The van der Waals surface area contributed by atoms with E-state index in [0.717, 1.165) is 6.42 Å². The second-order valence-corrected chi connectivity index (χ2v) is 6.00. The summed E-state index contributed by atoms with van der Waals surface area (Å²) in [5.41, 5.74) is 5.41. The molecule has 4 N–H and O–H groups in total. The van der Waals surface area contributed by atoms with Crippen molar-refractivity contribution >= 4 is 15.7 Å². The van der Waals surface area contributed by atoms with Crippen molar-refractivity contribution in [2.75, 3.05) is 5.73 Å². The molecule has 6 heteroatoms. The third-order valence-electron chi connectivity index (χ3n) is 2.51. The number of primary sulfonamides is 1. The van der Waals surface area contributed by atoms with Gasteiger partial charge in [0.1, 0.15) is 16.2 Å². The van der Waals surface area contributed by atoms with Gasteiger partial charge in [0.15, 0.2) is 0 Å². The van der Waals surface area contributed by atoms with E-state index < -0.39 is 15.6 Å². The van der Waals surface area contributed by atoms with Crippen molar-refractivity contribution in [2.45, 2.75) is 37.7 Å². The zero-order valence-electron chi connectivity index (χ0n) is 10.2. The van der Waals surface area contributed by atoms with Crippen LogP contribution in [0.15, 0.2) is 23.1 Å². The minimum atomic E-state index is -3.84. The van der Waals surface area contributed by atoms with Gasteiger partial charge in [-0.2, -0.15) is 0 Å². The van der Waals surface area contributed by atoms with Crippen molar-refractivity contribution in [1.29, 1.82) is 0 Å². The van der Waals surface area contributed by atoms with E-state index in [1.54, 1.807) is 6.07 Å². The predicted octanol–water partition coefficient (Wildman–Crippen LogP) is 1.48. The molecule has 0 spiro atoms. The lowest BCUT2D eigenvalue weighted by Gasteiger charge is -2.26. The fourth-order valence-electron chi connectivity index (χ4n) is 1.20. The highest BCUT2D eigenvalue weighted by Gasteiger charge is 2.22. The second kappa shape index (κ2) is 4.54. The van der Waals surface area contributed by atoms with E-state index in [2.05, 4.69) is 0 Å². The van der Waals surface area contributed by atoms with Crippen molar-refractivity contribution in [3.05, 3.63) is 18.2 Å². The average Bonchev–Trinajstić information content (AvgIpc) is 2.19. The Bertz CT molecular complexity index is 509. The maximum atomic E-state index is 11.4. The Labute approximate surface area is 102 Å². The highest BCUT2D eigenvalue weighted by atomic mass is 32.2. The molecular formula is C11H18N2O3S. The molecule has 1 rings (SSSR count). The molecule has 0 aliphatic heterocycles. The van der Waals surface area contributed by atoms with Crippen LogP contribution in [0.1, 0.15) is 27.2 Å². The van der Waals surface area contributed by atoms with Gasteiger partial charge in [-0.15, -0.1) is 0 Å². The number of sulfonamides is 1. The number of nitrogens with two attached hydrogens (primary N) is 2. The SMILES string of the molecule is CCC(C)(C)Oc1ccc(N)cc1S(N)(=O)=O. The van der Waals surface area contributed by atoms with Crippen molar-refractivity contribution in [2.24, 2.45) is 5.14 Å². The molecule has 0 heterocycles. The van der Waals surface area contributed by atoms with Gasteiger partial charge in [-0.05, 0) is 38.5 Å². The molecule has 1 aromatic carbocycles. The van der Waals surface area contributed by atoms with E-state index in [1.807, 2.05) is 20.8 Å². The first kappa shape index (κ1) is 13.8. The van der Waals surface area contributed by atoms with Crippen LogP contribution in [0, 0.1) is 0 Å². The van der Waals surface area contributed by atoms with Crippen molar-refractivity contribution in [3.63, 3.8) is 0 Å². The summed E-state index contributed by atoms with van der Waals surface area (Å²) in [6.45, 7) is 5.69. The summed E-state index contributed by atoms with van der Waals surface area (Å²) >= 11 is 0. The van der Waals surface area contributed by atoms with Gasteiger partial charge in [0.25, 0.3) is 0 Å². The summed E-state index contributed by atoms with van der Waals surface area (Å²) < 4.78 is 28.5. The third kappa shape index (κ3) is 3.61. The van der Waals surface area contributed by atoms with E-state index in [-0.39, 0.29) is 10.6 Å². The highest BCUT2D eigenvalue weighted by Crippen LogP contribution is 2.29. The van der Waals surface area contributed by atoms with Crippen LogP contribution in [0.5, 0.6) is 5.75 Å². The standard InChI is InChI=1S/C11H18N2O3S/c1-4-11(2,3)16-9-6-5-8(12)7-10(9)17(13,14)15/h5-7H,4,12H2,1-3H3,(H2,13,14,15). The lowest BCUT2D eigenvalue weighted by Crippen LogP contribution is -2.28. The molecule has 0 aromatic heterocycles. The number of hydrogen-bond acceptors (Lipinski definition) is 4. The number of rotatable bonds is 4. The maximum absolute atomic E-state index is 11.4. The van der Waals surface area contributed by atoms with Gasteiger partial charge in [0, 0.05) is 5.69 Å². The predicted molar refractivity (Wildman–Crippen MR) is 67.2 cm³/mol. The molecule has 0 bridgehead atoms. The fourth-order valence-corrected chi connectivity index (χ4v) is 1.89. The Morgan fingerprint density at radius 1 is 1.35 bits per heavy atom. The molecule has 0 aliphatic carbocycles. The van der Waals surface area contributed by atoms with E-state index in [4.69, 9.17) is 15.6 Å². The lowest BCUT2D eigenvalue weighted by molar-refractivity contribution is 0.101. The van der Waals surface area contributed by atoms with Gasteiger partial charge in [-0.3, -0.25) is 0 Å². The van der Waals surface area contributed by atoms with E-state index in [0.29, 0.717) is 5.69 Å². The Morgan fingerprint density at radius 2 is 1.94 bits per heavy atom. The lowest BCUT2D eigenvalue weighted by atomic mass is 10.1. The van der Waals surface area contributed by atoms with Gasteiger partial charge >= 0.3 is 0 Å². The van der Waals surface area contributed by atoms with Crippen LogP contribution >= 0.6 is 0 Å². The number of hydrogen-bond donors (Lipinski definition) is 2. The molecule has 1 aromatic rings. The summed E-state index contributed by atoms with van der Waals surface area (Å²) in [4.78, 5) is -0.0842. The van der Waals surface area contributed by atoms with Crippen LogP contribution < -0.4 is 15.6 Å². The zero-order chi connectivity index (χ0) is 13.3. The van der Waals surface area contributed by atoms with Crippen LogP contribution in [0.4, 0.5) is 5.69 Å². The van der Waals surface area contributed by atoms with Crippen molar-refractivity contribution in [3.8, 4) is 5.75 Å². The Balaban J connectivity index is 3.26. The second-order valence-electron chi connectivity index (χ2n) is 4.47. The van der Waals surface area contributed by atoms with Gasteiger partial charge < -0.3 is 10.5 Å². The van der Waals surface area contributed by atoms with Crippen LogP contribution in [-0.4, -0.2) is 14.0 Å². The molecule has 0 unspecified atom stereocenters. The third-order valence-corrected chi connectivity index (χ3v) is 3.44. The topological polar surface area (TPSA) is 95.4 Å². The first-order valence-electron chi connectivity index (χ1n) is 5.27. The first-order chi connectivity index (χ1) is 7.65. The quantitative estimate of drug-likeness (QED) is 0.800. The van der Waals surface area contributed by atoms with Crippen LogP contribution in [0.2, 0.25) is 0 Å². The van der Waals surface area contributed by atoms with E-state index in [9.17, 15) is 8.42 Å². The van der Waals surface area contributed by atoms with Crippen LogP contribution in [0.3, 0.4) is 0 Å². The molecule has 0 atom stereocenters. The molecule has 0 saturated heterocycles. The summed E-state index contributed by atoms with van der Waals surface area (Å²) in [6.07, 6.45) is 0.738.